The van der Waals surface area contributed by atoms with Gasteiger partial charge in [-0.3, -0.25) is 0 Å². The minimum absolute atomic E-state index is 1.13. The maximum absolute atomic E-state index is 2.43. The molecule has 8 rings (SSSR count). The van der Waals surface area contributed by atoms with Gasteiger partial charge >= 0.3 is 0 Å². The number of hydrogen-bond donors (Lipinski definition) is 0. The Bertz CT molecular complexity index is 2620. The van der Waals surface area contributed by atoms with Crippen molar-refractivity contribution in [2.75, 3.05) is 9.80 Å². The van der Waals surface area contributed by atoms with Gasteiger partial charge in [0.1, 0.15) is 0 Å². The van der Waals surface area contributed by atoms with Crippen molar-refractivity contribution in [2.45, 2.75) is 55.4 Å². The Morgan fingerprint density at radius 2 is 0.500 bits per heavy atom. The minimum Gasteiger partial charge on any atom is -0.310 e. The summed E-state index contributed by atoms with van der Waals surface area (Å²) in [6.07, 6.45) is 8.75. The first-order valence-corrected chi connectivity index (χ1v) is 21.0. The molecular weight excluding hydrogens is 725 g/mol. The van der Waals surface area contributed by atoms with Crippen LogP contribution in [0.15, 0.2) is 158 Å². The normalized spacial score (nSPS) is 11.5. The third-order valence-electron chi connectivity index (χ3n) is 11.7. The van der Waals surface area contributed by atoms with Crippen molar-refractivity contribution in [2.24, 2.45) is 0 Å². The second kappa shape index (κ2) is 17.1. The van der Waals surface area contributed by atoms with Crippen LogP contribution in [0.5, 0.6) is 0 Å². The zero-order chi connectivity index (χ0) is 41.9. The number of hydrogen-bond acceptors (Lipinski definition) is 2. The molecule has 0 saturated heterocycles. The quantitative estimate of drug-likeness (QED) is 0.128. The molecule has 0 aliphatic carbocycles. The predicted molar refractivity (Wildman–Crippen MR) is 262 cm³/mol. The summed E-state index contributed by atoms with van der Waals surface area (Å²) in [4.78, 5) is 4.87. The SMILES string of the molecule is Cc1ccc(/C=C/c2ccc(N(c3ccc(C)cc3)c3c(C)cc4c(C)c(N(c5ccc(C)cc5)c5ccc(/C=C/c6ccc(C)cc6)cc5)c(C)cc4c3C)cc2)cc1. The Morgan fingerprint density at radius 3 is 0.767 bits per heavy atom. The van der Waals surface area contributed by atoms with Gasteiger partial charge in [0.25, 0.3) is 0 Å². The number of anilines is 6. The molecule has 2 heteroatoms. The van der Waals surface area contributed by atoms with Crippen LogP contribution in [-0.2, 0) is 0 Å². The van der Waals surface area contributed by atoms with E-state index in [2.05, 4.69) is 247 Å². The van der Waals surface area contributed by atoms with E-state index in [4.69, 9.17) is 0 Å². The maximum Gasteiger partial charge on any atom is 0.0526 e. The van der Waals surface area contributed by atoms with Crippen LogP contribution in [0.25, 0.3) is 35.1 Å². The molecule has 0 bridgehead atoms. The Morgan fingerprint density at radius 1 is 0.283 bits per heavy atom. The molecule has 0 atom stereocenters. The summed E-state index contributed by atoms with van der Waals surface area (Å²) >= 11 is 0. The molecule has 0 spiro atoms. The van der Waals surface area contributed by atoms with Crippen LogP contribution in [0.2, 0.25) is 0 Å². The highest BCUT2D eigenvalue weighted by atomic mass is 15.2. The van der Waals surface area contributed by atoms with Crippen LogP contribution in [-0.4, -0.2) is 0 Å². The average molecular weight is 779 g/mol. The lowest BCUT2D eigenvalue weighted by Gasteiger charge is -2.32. The van der Waals surface area contributed by atoms with Crippen molar-refractivity contribution in [3.05, 3.63) is 224 Å². The molecule has 0 N–H and O–H groups in total. The largest absolute Gasteiger partial charge is 0.310 e. The summed E-state index contributed by atoms with van der Waals surface area (Å²) in [5, 5.41) is 2.54. The van der Waals surface area contributed by atoms with Gasteiger partial charge in [0, 0.05) is 22.7 Å². The van der Waals surface area contributed by atoms with Crippen molar-refractivity contribution in [1.29, 1.82) is 0 Å². The molecule has 0 fully saturated rings. The van der Waals surface area contributed by atoms with E-state index in [1.165, 1.54) is 88.9 Å². The van der Waals surface area contributed by atoms with E-state index >= 15 is 0 Å². The summed E-state index contributed by atoms with van der Waals surface area (Å²) in [7, 11) is 0. The standard InChI is InChI=1S/C58H54N2/c1-39-9-17-47(18-10-39)21-23-49-25-33-53(34-26-49)59(51-29-13-41(3)14-30-51)57-43(5)37-56-46(8)58(44(6)38-55(56)45(57)7)60(52-31-15-42(4)16-32-52)54-35-27-50(28-36-54)24-22-48-19-11-40(2)12-20-48/h9-38H,1-8H3/b23-21+,24-22+. The van der Waals surface area contributed by atoms with Gasteiger partial charge in [0.2, 0.25) is 0 Å². The lowest BCUT2D eigenvalue weighted by Crippen LogP contribution is -2.15. The summed E-state index contributed by atoms with van der Waals surface area (Å²) < 4.78 is 0. The fourth-order valence-electron chi connectivity index (χ4n) is 8.29. The second-order valence-corrected chi connectivity index (χ2v) is 16.4. The average Bonchev–Trinajstić information content (AvgIpc) is 3.25. The molecule has 0 amide bonds. The molecular formula is C58H54N2. The number of fused-ring (bicyclic) bond motifs is 1. The van der Waals surface area contributed by atoms with Gasteiger partial charge in [0.15, 0.2) is 0 Å². The van der Waals surface area contributed by atoms with Crippen LogP contribution in [0, 0.1) is 55.4 Å². The molecule has 0 unspecified atom stereocenters. The molecule has 0 aromatic heterocycles. The van der Waals surface area contributed by atoms with Crippen LogP contribution < -0.4 is 9.80 Å². The highest BCUT2D eigenvalue weighted by molar-refractivity contribution is 6.01. The summed E-state index contributed by atoms with van der Waals surface area (Å²) in [6.45, 7) is 17.7. The molecule has 0 heterocycles. The first-order valence-electron chi connectivity index (χ1n) is 21.0. The Labute approximate surface area is 357 Å². The van der Waals surface area contributed by atoms with Gasteiger partial charge < -0.3 is 9.80 Å². The van der Waals surface area contributed by atoms with E-state index < -0.39 is 0 Å². The minimum atomic E-state index is 1.13. The van der Waals surface area contributed by atoms with E-state index in [1.54, 1.807) is 0 Å². The highest BCUT2D eigenvalue weighted by Gasteiger charge is 2.23. The van der Waals surface area contributed by atoms with Crippen molar-refractivity contribution in [3.8, 4) is 0 Å². The van der Waals surface area contributed by atoms with Crippen LogP contribution in [0.4, 0.5) is 34.1 Å². The first-order chi connectivity index (χ1) is 29.0. The second-order valence-electron chi connectivity index (χ2n) is 16.4. The Hall–Kier alpha value is -6.90. The van der Waals surface area contributed by atoms with Gasteiger partial charge in [-0.05, 0) is 171 Å². The molecule has 296 valence electrons. The van der Waals surface area contributed by atoms with Crippen molar-refractivity contribution >= 4 is 69.2 Å². The van der Waals surface area contributed by atoms with Crippen LogP contribution >= 0.6 is 0 Å². The van der Waals surface area contributed by atoms with Crippen LogP contribution in [0.3, 0.4) is 0 Å². The van der Waals surface area contributed by atoms with Crippen molar-refractivity contribution < 1.29 is 0 Å². The summed E-state index contributed by atoms with van der Waals surface area (Å²) in [5.74, 6) is 0. The van der Waals surface area contributed by atoms with Crippen LogP contribution in [0.1, 0.15) is 66.8 Å². The van der Waals surface area contributed by atoms with E-state index in [0.717, 1.165) is 22.7 Å². The Kier molecular flexibility index (Phi) is 11.4. The van der Waals surface area contributed by atoms with Gasteiger partial charge in [0.05, 0.1) is 11.4 Å². The molecule has 60 heavy (non-hydrogen) atoms. The molecule has 2 nitrogen and oxygen atoms in total. The fourth-order valence-corrected chi connectivity index (χ4v) is 8.29. The smallest absolute Gasteiger partial charge is 0.0526 e. The fraction of sp³-hybridized carbons (Fsp3) is 0.138. The molecule has 8 aromatic carbocycles. The Balaban J connectivity index is 1.20. The summed E-state index contributed by atoms with van der Waals surface area (Å²) in [6, 6.07) is 57.8. The van der Waals surface area contributed by atoms with Gasteiger partial charge in [-0.25, -0.2) is 0 Å². The lowest BCUT2D eigenvalue weighted by atomic mass is 9.91. The number of benzene rings is 8. The van der Waals surface area contributed by atoms with E-state index in [1.807, 2.05) is 0 Å². The highest BCUT2D eigenvalue weighted by Crippen LogP contribution is 2.46. The third kappa shape index (κ3) is 8.46. The topological polar surface area (TPSA) is 6.48 Å². The lowest BCUT2D eigenvalue weighted by molar-refractivity contribution is 1.21. The summed E-state index contributed by atoms with van der Waals surface area (Å²) in [5.41, 5.74) is 21.7. The predicted octanol–water partition coefficient (Wildman–Crippen LogP) is 16.6. The number of rotatable bonds is 10. The molecule has 0 radical (unpaired) electrons. The van der Waals surface area contributed by atoms with E-state index in [9.17, 15) is 0 Å². The van der Waals surface area contributed by atoms with Crippen molar-refractivity contribution in [3.63, 3.8) is 0 Å². The first kappa shape index (κ1) is 39.9. The molecule has 0 aliphatic rings. The number of nitrogens with zero attached hydrogens (tertiary/aromatic N) is 2. The number of aryl methyl sites for hydroxylation is 8. The zero-order valence-corrected chi connectivity index (χ0v) is 36.2. The monoisotopic (exact) mass is 778 g/mol. The van der Waals surface area contributed by atoms with Gasteiger partial charge in [-0.2, -0.15) is 0 Å². The van der Waals surface area contributed by atoms with E-state index in [-0.39, 0.29) is 0 Å². The molecule has 0 aliphatic heterocycles. The third-order valence-corrected chi connectivity index (χ3v) is 11.7. The van der Waals surface area contributed by atoms with E-state index in [0.29, 0.717) is 0 Å². The maximum atomic E-state index is 2.43. The van der Waals surface area contributed by atoms with Gasteiger partial charge in [-0.1, -0.05) is 144 Å². The molecule has 8 aromatic rings. The zero-order valence-electron chi connectivity index (χ0n) is 36.2. The van der Waals surface area contributed by atoms with Crippen molar-refractivity contribution in [1.82, 2.24) is 0 Å². The molecule has 0 saturated carbocycles. The van der Waals surface area contributed by atoms with Gasteiger partial charge in [-0.15, -0.1) is 0 Å².